The lowest BCUT2D eigenvalue weighted by molar-refractivity contribution is 1.13. The molecule has 182 valence electrons. The fraction of sp³-hybridized carbons (Fsp3) is 0.0556. The summed E-state index contributed by atoms with van der Waals surface area (Å²) in [6, 6.07) is 48.4. The number of hydrogen-bond acceptors (Lipinski definition) is 0. The fourth-order valence-corrected chi connectivity index (χ4v) is 5.49. The van der Waals surface area contributed by atoms with Gasteiger partial charge in [0.05, 0.1) is 22.4 Å². The van der Waals surface area contributed by atoms with E-state index in [1.54, 1.807) is 0 Å². The van der Waals surface area contributed by atoms with E-state index in [4.69, 9.17) is 0 Å². The van der Waals surface area contributed by atoms with Gasteiger partial charge in [-0.3, -0.25) is 0 Å². The van der Waals surface area contributed by atoms with Gasteiger partial charge in [0.15, 0.2) is 0 Å². The second-order valence-corrected chi connectivity index (χ2v) is 10.1. The molecule has 0 N–H and O–H groups in total. The van der Waals surface area contributed by atoms with E-state index in [9.17, 15) is 0 Å². The highest BCUT2D eigenvalue weighted by Crippen LogP contribution is 2.38. The molecule has 0 unspecified atom stereocenters. The highest BCUT2D eigenvalue weighted by atomic mass is 15.0. The zero-order valence-corrected chi connectivity index (χ0v) is 21.6. The Morgan fingerprint density at radius 2 is 0.763 bits per heavy atom. The van der Waals surface area contributed by atoms with E-state index in [0.29, 0.717) is 0 Å². The van der Waals surface area contributed by atoms with Crippen LogP contribution in [0.4, 0.5) is 0 Å². The van der Waals surface area contributed by atoms with Gasteiger partial charge in [-0.2, -0.15) is 0 Å². The molecule has 0 bridgehead atoms. The Labute approximate surface area is 223 Å². The lowest BCUT2D eigenvalue weighted by atomic mass is 10.1. The van der Waals surface area contributed by atoms with Crippen molar-refractivity contribution >= 4 is 21.8 Å². The molecule has 7 rings (SSSR count). The third kappa shape index (κ3) is 3.74. The molecule has 2 nitrogen and oxygen atoms in total. The van der Waals surface area contributed by atoms with Gasteiger partial charge in [-0.05, 0) is 73.5 Å². The number of aromatic nitrogens is 2. The van der Waals surface area contributed by atoms with Gasteiger partial charge in [0.1, 0.15) is 0 Å². The fourth-order valence-electron chi connectivity index (χ4n) is 5.49. The highest BCUT2D eigenvalue weighted by molar-refractivity contribution is 6.02. The van der Waals surface area contributed by atoms with Gasteiger partial charge in [-0.1, -0.05) is 96.1 Å². The van der Waals surface area contributed by atoms with Crippen molar-refractivity contribution in [3.05, 3.63) is 145 Å². The van der Waals surface area contributed by atoms with Crippen molar-refractivity contribution in [2.24, 2.45) is 0 Å². The molecule has 0 atom stereocenters. The molecule has 0 fully saturated rings. The lowest BCUT2D eigenvalue weighted by Gasteiger charge is -2.12. The molecule has 0 spiro atoms. The number of benzene rings is 5. The first-order valence-corrected chi connectivity index (χ1v) is 13.1. The summed E-state index contributed by atoms with van der Waals surface area (Å²) in [5.74, 6) is 0. The minimum atomic E-state index is 1.17. The minimum absolute atomic E-state index is 1.17. The summed E-state index contributed by atoms with van der Waals surface area (Å²) < 4.78 is 4.79. The lowest BCUT2D eigenvalue weighted by Crippen LogP contribution is -1.97. The molecular formula is C36H28N2. The van der Waals surface area contributed by atoms with Crippen LogP contribution in [0.5, 0.6) is 0 Å². The van der Waals surface area contributed by atoms with E-state index >= 15 is 0 Å². The van der Waals surface area contributed by atoms with Crippen molar-refractivity contribution in [3.63, 3.8) is 0 Å². The van der Waals surface area contributed by atoms with Gasteiger partial charge in [-0.15, -0.1) is 0 Å². The first-order valence-electron chi connectivity index (χ1n) is 13.1. The van der Waals surface area contributed by atoms with Crippen LogP contribution in [0, 0.1) is 13.8 Å². The van der Waals surface area contributed by atoms with E-state index in [0.717, 1.165) is 0 Å². The van der Waals surface area contributed by atoms with E-state index in [1.807, 2.05) is 0 Å². The number of para-hydroxylation sites is 2. The Bertz CT molecular complexity index is 1740. The van der Waals surface area contributed by atoms with Crippen molar-refractivity contribution in [3.8, 4) is 33.9 Å². The van der Waals surface area contributed by atoms with Crippen LogP contribution in [-0.2, 0) is 0 Å². The maximum atomic E-state index is 2.39. The molecule has 0 amide bonds. The van der Waals surface area contributed by atoms with Gasteiger partial charge in [-0.25, -0.2) is 0 Å². The summed E-state index contributed by atoms with van der Waals surface area (Å²) in [6.07, 6.45) is 0. The smallest absolute Gasteiger partial charge is 0.0542 e. The Hall–Kier alpha value is -4.82. The molecule has 0 aliphatic rings. The minimum Gasteiger partial charge on any atom is -0.309 e. The number of hydrogen-bond donors (Lipinski definition) is 0. The largest absolute Gasteiger partial charge is 0.309 e. The third-order valence-corrected chi connectivity index (χ3v) is 7.45. The highest BCUT2D eigenvalue weighted by Gasteiger charge is 2.18. The number of aryl methyl sites for hydroxylation is 2. The maximum absolute atomic E-state index is 2.39. The van der Waals surface area contributed by atoms with Crippen molar-refractivity contribution in [1.82, 2.24) is 9.13 Å². The molecule has 0 aliphatic heterocycles. The van der Waals surface area contributed by atoms with Gasteiger partial charge in [0, 0.05) is 22.1 Å². The van der Waals surface area contributed by atoms with E-state index in [1.165, 1.54) is 66.8 Å². The molecular weight excluding hydrogens is 460 g/mol. The van der Waals surface area contributed by atoms with Crippen LogP contribution in [-0.4, -0.2) is 9.13 Å². The number of rotatable bonds is 4. The van der Waals surface area contributed by atoms with Gasteiger partial charge in [0.25, 0.3) is 0 Å². The normalized spacial score (nSPS) is 11.4. The second kappa shape index (κ2) is 8.93. The van der Waals surface area contributed by atoms with Crippen LogP contribution < -0.4 is 0 Å². The molecule has 0 saturated heterocycles. The first kappa shape index (κ1) is 22.4. The quantitative estimate of drug-likeness (QED) is 0.233. The van der Waals surface area contributed by atoms with Crippen LogP contribution in [0.25, 0.3) is 55.7 Å². The van der Waals surface area contributed by atoms with E-state index in [-0.39, 0.29) is 0 Å². The Morgan fingerprint density at radius 3 is 1.13 bits per heavy atom. The average Bonchev–Trinajstić information content (AvgIpc) is 3.51. The topological polar surface area (TPSA) is 9.86 Å². The number of fused-ring (bicyclic) bond motifs is 2. The SMILES string of the molecule is Cc1ccc(-c2cc3cc4c(cc(-c5ccc(C)cc5)n4-c4ccccc4)cc3n2-c2ccccc2)cc1. The number of nitrogens with zero attached hydrogens (tertiary/aromatic N) is 2. The van der Waals surface area contributed by atoms with Crippen LogP contribution in [0.2, 0.25) is 0 Å². The molecule has 7 aromatic rings. The molecule has 2 heteroatoms. The molecule has 0 aliphatic carbocycles. The van der Waals surface area contributed by atoms with Crippen LogP contribution in [0.1, 0.15) is 11.1 Å². The van der Waals surface area contributed by atoms with Crippen LogP contribution in [0.15, 0.2) is 133 Å². The van der Waals surface area contributed by atoms with Crippen molar-refractivity contribution < 1.29 is 0 Å². The summed E-state index contributed by atoms with van der Waals surface area (Å²) in [5, 5.41) is 2.45. The summed E-state index contributed by atoms with van der Waals surface area (Å²) >= 11 is 0. The maximum Gasteiger partial charge on any atom is 0.0542 e. The van der Waals surface area contributed by atoms with Crippen LogP contribution in [0.3, 0.4) is 0 Å². The first-order chi connectivity index (χ1) is 18.7. The van der Waals surface area contributed by atoms with E-state index < -0.39 is 0 Å². The van der Waals surface area contributed by atoms with Crippen molar-refractivity contribution in [2.45, 2.75) is 13.8 Å². The molecule has 0 saturated carbocycles. The predicted octanol–water partition coefficient (Wildman–Crippen LogP) is 9.53. The summed E-state index contributed by atoms with van der Waals surface area (Å²) in [7, 11) is 0. The zero-order chi connectivity index (χ0) is 25.6. The Balaban J connectivity index is 1.55. The van der Waals surface area contributed by atoms with Gasteiger partial charge >= 0.3 is 0 Å². The molecule has 2 aromatic heterocycles. The molecule has 5 aromatic carbocycles. The molecule has 38 heavy (non-hydrogen) atoms. The third-order valence-electron chi connectivity index (χ3n) is 7.45. The summed E-state index contributed by atoms with van der Waals surface area (Å²) in [4.78, 5) is 0. The van der Waals surface area contributed by atoms with E-state index in [2.05, 4.69) is 156 Å². The van der Waals surface area contributed by atoms with Crippen molar-refractivity contribution in [1.29, 1.82) is 0 Å². The van der Waals surface area contributed by atoms with Gasteiger partial charge in [0.2, 0.25) is 0 Å². The summed E-state index contributed by atoms with van der Waals surface area (Å²) in [5.41, 5.74) is 12.1. The van der Waals surface area contributed by atoms with Crippen LogP contribution >= 0.6 is 0 Å². The molecule has 2 heterocycles. The zero-order valence-electron chi connectivity index (χ0n) is 21.6. The second-order valence-electron chi connectivity index (χ2n) is 10.1. The molecule has 0 radical (unpaired) electrons. The predicted molar refractivity (Wildman–Crippen MR) is 160 cm³/mol. The standard InChI is InChI=1S/C36H28N2/c1-25-13-17-27(18-14-25)33-21-29-23-36-30(24-35(29)37(33)31-9-5-3-6-10-31)22-34(28-19-15-26(2)16-20-28)38(36)32-11-7-4-8-12-32/h3-24H,1-2H3. The van der Waals surface area contributed by atoms with Crippen molar-refractivity contribution in [2.75, 3.05) is 0 Å². The Kier molecular flexibility index (Phi) is 5.26. The monoisotopic (exact) mass is 488 g/mol. The Morgan fingerprint density at radius 1 is 0.395 bits per heavy atom. The average molecular weight is 489 g/mol. The van der Waals surface area contributed by atoms with Gasteiger partial charge < -0.3 is 9.13 Å². The summed E-state index contributed by atoms with van der Waals surface area (Å²) in [6.45, 7) is 4.27.